The molecule has 2 amide bonds. The fraction of sp³-hybridized carbons (Fsp3) is 0.444. The Kier molecular flexibility index (Phi) is 13.1. The first-order valence-electron chi connectivity index (χ1n) is 16.4. The van der Waals surface area contributed by atoms with Gasteiger partial charge in [-0.25, -0.2) is 12.8 Å². The molecule has 0 aromatic heterocycles. The average Bonchev–Trinajstić information content (AvgIpc) is 3.51. The fourth-order valence-corrected chi connectivity index (χ4v) is 7.31. The Balaban J connectivity index is 1.49. The number of ether oxygens (including phenoxy) is 1. The van der Waals surface area contributed by atoms with Crippen molar-refractivity contribution in [1.29, 1.82) is 0 Å². The summed E-state index contributed by atoms with van der Waals surface area (Å²) < 4.78 is 48.2. The molecule has 0 fully saturated rings. The molecule has 0 radical (unpaired) electrons. The summed E-state index contributed by atoms with van der Waals surface area (Å²) in [5.74, 6) is -0.958. The molecule has 1 aliphatic heterocycles. The minimum Gasteiger partial charge on any atom is -0.493 e. The summed E-state index contributed by atoms with van der Waals surface area (Å²) in [5.41, 5.74) is 2.34. The van der Waals surface area contributed by atoms with Crippen molar-refractivity contribution in [1.82, 2.24) is 20.3 Å². The van der Waals surface area contributed by atoms with Crippen molar-refractivity contribution in [3.05, 3.63) is 95.3 Å². The van der Waals surface area contributed by atoms with Gasteiger partial charge in [0.1, 0.15) is 17.6 Å². The molecule has 3 aromatic carbocycles. The van der Waals surface area contributed by atoms with Crippen molar-refractivity contribution < 1.29 is 32.2 Å². The lowest BCUT2D eigenvalue weighted by Crippen LogP contribution is -2.57. The number of hydrogen-bond acceptors (Lipinski definition) is 7. The minimum absolute atomic E-state index is 0.0399. The van der Waals surface area contributed by atoms with Crippen LogP contribution in [-0.2, 0) is 39.0 Å². The summed E-state index contributed by atoms with van der Waals surface area (Å²) in [6, 6.07) is 18.4. The molecule has 1 heterocycles. The van der Waals surface area contributed by atoms with Crippen LogP contribution in [0.15, 0.2) is 77.7 Å². The second kappa shape index (κ2) is 17.0. The lowest BCUT2D eigenvalue weighted by atomic mass is 9.98. The normalized spacial score (nSPS) is 14.8. The molecule has 3 aromatic rings. The molecule has 0 aliphatic carbocycles. The Bertz CT molecular complexity index is 1640. The zero-order chi connectivity index (χ0) is 34.8. The van der Waals surface area contributed by atoms with Crippen LogP contribution in [-0.4, -0.2) is 74.1 Å². The van der Waals surface area contributed by atoms with E-state index in [1.54, 1.807) is 38.1 Å². The van der Waals surface area contributed by atoms with Gasteiger partial charge in [0, 0.05) is 26.1 Å². The van der Waals surface area contributed by atoms with E-state index >= 15 is 0 Å². The minimum atomic E-state index is -4.00. The summed E-state index contributed by atoms with van der Waals surface area (Å²) >= 11 is 0. The molecule has 4 N–H and O–H groups in total. The van der Waals surface area contributed by atoms with E-state index in [1.807, 2.05) is 44.2 Å². The molecular formula is C36H47FN4O6S. The lowest BCUT2D eigenvalue weighted by Gasteiger charge is -2.32. The van der Waals surface area contributed by atoms with Crippen molar-refractivity contribution in [2.75, 3.05) is 26.2 Å². The Morgan fingerprint density at radius 3 is 2.35 bits per heavy atom. The van der Waals surface area contributed by atoms with Crippen molar-refractivity contribution in [2.24, 2.45) is 11.8 Å². The van der Waals surface area contributed by atoms with E-state index in [1.165, 1.54) is 22.5 Å². The quantitative estimate of drug-likeness (QED) is 0.171. The molecule has 0 saturated heterocycles. The summed E-state index contributed by atoms with van der Waals surface area (Å²) in [5, 5.41) is 20.3. The highest BCUT2D eigenvalue weighted by atomic mass is 32.2. The third-order valence-electron chi connectivity index (χ3n) is 8.12. The number of halogens is 1. The maximum atomic E-state index is 13.9. The van der Waals surface area contributed by atoms with E-state index in [0.29, 0.717) is 24.3 Å². The van der Waals surface area contributed by atoms with Gasteiger partial charge in [-0.2, -0.15) is 4.31 Å². The number of rotatable bonds is 17. The summed E-state index contributed by atoms with van der Waals surface area (Å²) in [6.45, 7) is 7.97. The third kappa shape index (κ3) is 10.3. The van der Waals surface area contributed by atoms with E-state index < -0.39 is 40.0 Å². The SMILES string of the molecule is CC(C)CN(C[C@@H](O)[C@H](Cc1ccccc1)NC(=O)[C@@H](NC(=O)CNCc1cccc(F)c1)C(C)C)S(=O)(=O)c1ccc2c(c1)CCO2. The Morgan fingerprint density at radius 1 is 0.938 bits per heavy atom. The van der Waals surface area contributed by atoms with Gasteiger partial charge in [0.2, 0.25) is 21.8 Å². The maximum Gasteiger partial charge on any atom is 0.243 e. The van der Waals surface area contributed by atoms with E-state index in [9.17, 15) is 27.5 Å². The van der Waals surface area contributed by atoms with Crippen LogP contribution in [0.1, 0.15) is 44.4 Å². The molecule has 4 rings (SSSR count). The van der Waals surface area contributed by atoms with Gasteiger partial charge in [-0.3, -0.25) is 9.59 Å². The van der Waals surface area contributed by atoms with Gasteiger partial charge in [-0.05, 0) is 65.3 Å². The number of nitrogens with zero attached hydrogens (tertiary/aromatic N) is 1. The van der Waals surface area contributed by atoms with Crippen molar-refractivity contribution in [3.8, 4) is 5.75 Å². The number of aliphatic hydroxyl groups is 1. The third-order valence-corrected chi connectivity index (χ3v) is 9.95. The maximum absolute atomic E-state index is 13.9. The predicted octanol–water partition coefficient (Wildman–Crippen LogP) is 3.43. The van der Waals surface area contributed by atoms with Crippen LogP contribution in [0.25, 0.3) is 0 Å². The molecule has 0 unspecified atom stereocenters. The number of nitrogens with one attached hydrogen (secondary N) is 3. The summed E-state index contributed by atoms with van der Waals surface area (Å²) in [6.07, 6.45) is -0.433. The molecule has 12 heteroatoms. The van der Waals surface area contributed by atoms with Crippen LogP contribution in [0.2, 0.25) is 0 Å². The van der Waals surface area contributed by atoms with Gasteiger partial charge >= 0.3 is 0 Å². The number of sulfonamides is 1. The molecule has 10 nitrogen and oxygen atoms in total. The topological polar surface area (TPSA) is 137 Å². The Labute approximate surface area is 283 Å². The highest BCUT2D eigenvalue weighted by Gasteiger charge is 2.34. The van der Waals surface area contributed by atoms with Crippen LogP contribution in [0.3, 0.4) is 0 Å². The van der Waals surface area contributed by atoms with E-state index in [2.05, 4.69) is 16.0 Å². The number of hydrogen-bond donors (Lipinski definition) is 4. The Morgan fingerprint density at radius 2 is 1.67 bits per heavy atom. The second-order valence-corrected chi connectivity index (χ2v) is 14.9. The highest BCUT2D eigenvalue weighted by Crippen LogP contribution is 2.29. The number of amides is 2. The zero-order valence-corrected chi connectivity index (χ0v) is 28.8. The molecule has 260 valence electrons. The van der Waals surface area contributed by atoms with Gasteiger partial charge in [0.05, 0.1) is 30.2 Å². The average molecular weight is 683 g/mol. The van der Waals surface area contributed by atoms with Gasteiger partial charge < -0.3 is 25.8 Å². The first-order chi connectivity index (χ1) is 22.8. The smallest absolute Gasteiger partial charge is 0.243 e. The monoisotopic (exact) mass is 682 g/mol. The number of carbonyl (C=O) groups excluding carboxylic acids is 2. The fourth-order valence-electron chi connectivity index (χ4n) is 5.64. The molecule has 0 bridgehead atoms. The van der Waals surface area contributed by atoms with Crippen molar-refractivity contribution in [2.45, 2.75) is 70.2 Å². The van der Waals surface area contributed by atoms with Gasteiger partial charge in [0.25, 0.3) is 0 Å². The van der Waals surface area contributed by atoms with Crippen LogP contribution >= 0.6 is 0 Å². The number of carbonyl (C=O) groups is 2. The van der Waals surface area contributed by atoms with E-state index in [0.717, 1.165) is 11.1 Å². The molecule has 0 saturated carbocycles. The van der Waals surface area contributed by atoms with Crippen molar-refractivity contribution in [3.63, 3.8) is 0 Å². The van der Waals surface area contributed by atoms with Gasteiger partial charge in [0.15, 0.2) is 0 Å². The second-order valence-electron chi connectivity index (χ2n) is 13.0. The van der Waals surface area contributed by atoms with Crippen molar-refractivity contribution >= 4 is 21.8 Å². The molecule has 1 aliphatic rings. The largest absolute Gasteiger partial charge is 0.493 e. The van der Waals surface area contributed by atoms with Crippen LogP contribution in [0.5, 0.6) is 5.75 Å². The lowest BCUT2D eigenvalue weighted by molar-refractivity contribution is -0.130. The molecular weight excluding hydrogens is 635 g/mol. The van der Waals surface area contributed by atoms with Crippen LogP contribution < -0.4 is 20.7 Å². The standard InChI is InChI=1S/C36H47FN4O6S/c1-24(2)22-41(48(45,46)30-13-14-33-28(19-30)15-16-47-33)23-32(42)31(18-26-9-6-5-7-10-26)39-36(44)35(25(3)4)40-34(43)21-38-20-27-11-8-12-29(37)17-27/h5-14,17,19,24-25,31-32,35,38,42H,15-16,18,20-23H2,1-4H3,(H,39,44)(H,40,43)/t31-,32+,35-/m0/s1. The Hall–Kier alpha value is -3.84. The highest BCUT2D eigenvalue weighted by molar-refractivity contribution is 7.89. The first kappa shape index (κ1) is 37.0. The van der Waals surface area contributed by atoms with Crippen LogP contribution in [0.4, 0.5) is 4.39 Å². The first-order valence-corrected chi connectivity index (χ1v) is 17.8. The summed E-state index contributed by atoms with van der Waals surface area (Å²) in [4.78, 5) is 26.7. The molecule has 3 atom stereocenters. The van der Waals surface area contributed by atoms with Gasteiger partial charge in [-0.15, -0.1) is 0 Å². The number of benzene rings is 3. The number of aliphatic hydroxyl groups excluding tert-OH is 1. The zero-order valence-electron chi connectivity index (χ0n) is 28.0. The predicted molar refractivity (Wildman–Crippen MR) is 182 cm³/mol. The number of fused-ring (bicyclic) bond motifs is 1. The van der Waals surface area contributed by atoms with E-state index in [4.69, 9.17) is 4.74 Å². The van der Waals surface area contributed by atoms with Gasteiger partial charge in [-0.1, -0.05) is 70.2 Å². The summed E-state index contributed by atoms with van der Waals surface area (Å²) in [7, 11) is -4.00. The van der Waals surface area contributed by atoms with E-state index in [-0.39, 0.29) is 55.1 Å². The van der Waals surface area contributed by atoms with Crippen LogP contribution in [0, 0.1) is 17.7 Å². The molecule has 0 spiro atoms. The molecule has 48 heavy (non-hydrogen) atoms.